The number of rotatable bonds is 4. The Labute approximate surface area is 107 Å². The van der Waals surface area contributed by atoms with Gasteiger partial charge in [-0.25, -0.2) is 0 Å². The predicted molar refractivity (Wildman–Crippen MR) is 69.8 cm³/mol. The average Bonchev–Trinajstić information content (AvgIpc) is 2.84. The maximum Gasteiger partial charge on any atom is 0.253 e. The lowest BCUT2D eigenvalue weighted by Gasteiger charge is -2.12. The molecule has 1 aliphatic heterocycles. The van der Waals surface area contributed by atoms with Crippen molar-refractivity contribution in [1.82, 2.24) is 0 Å². The van der Waals surface area contributed by atoms with Gasteiger partial charge in [-0.2, -0.15) is 0 Å². The lowest BCUT2D eigenvalue weighted by Crippen LogP contribution is -2.26. The SMILES string of the molecule is CC(C)Oc1ccc(NC(=O)C2CCCO2)cc1. The fourth-order valence-corrected chi connectivity index (χ4v) is 1.90. The average molecular weight is 249 g/mol. The van der Waals surface area contributed by atoms with Crippen LogP contribution < -0.4 is 10.1 Å². The molecule has 1 atom stereocenters. The van der Waals surface area contributed by atoms with Crippen LogP contribution in [0.25, 0.3) is 0 Å². The first-order valence-corrected chi connectivity index (χ1v) is 6.34. The summed E-state index contributed by atoms with van der Waals surface area (Å²) < 4.78 is 10.9. The Bertz CT molecular complexity index is 394. The van der Waals surface area contributed by atoms with Crippen molar-refractivity contribution in [1.29, 1.82) is 0 Å². The molecule has 4 nitrogen and oxygen atoms in total. The lowest BCUT2D eigenvalue weighted by molar-refractivity contribution is -0.124. The van der Waals surface area contributed by atoms with Crippen LogP contribution in [0.4, 0.5) is 5.69 Å². The van der Waals surface area contributed by atoms with Gasteiger partial charge in [-0.15, -0.1) is 0 Å². The first-order chi connectivity index (χ1) is 8.65. The van der Waals surface area contributed by atoms with Crippen molar-refractivity contribution in [3.05, 3.63) is 24.3 Å². The summed E-state index contributed by atoms with van der Waals surface area (Å²) in [4.78, 5) is 11.8. The van der Waals surface area contributed by atoms with Gasteiger partial charge in [0.05, 0.1) is 6.10 Å². The number of carbonyl (C=O) groups is 1. The second-order valence-corrected chi connectivity index (χ2v) is 4.68. The van der Waals surface area contributed by atoms with E-state index in [4.69, 9.17) is 9.47 Å². The zero-order chi connectivity index (χ0) is 13.0. The summed E-state index contributed by atoms with van der Waals surface area (Å²) in [6, 6.07) is 7.38. The molecule has 1 aliphatic rings. The van der Waals surface area contributed by atoms with E-state index in [-0.39, 0.29) is 18.1 Å². The molecular weight excluding hydrogens is 230 g/mol. The number of hydrogen-bond acceptors (Lipinski definition) is 3. The van der Waals surface area contributed by atoms with E-state index in [0.29, 0.717) is 6.61 Å². The third-order valence-electron chi connectivity index (χ3n) is 2.72. The summed E-state index contributed by atoms with van der Waals surface area (Å²) >= 11 is 0. The van der Waals surface area contributed by atoms with Crippen LogP contribution in [0.2, 0.25) is 0 Å². The fourth-order valence-electron chi connectivity index (χ4n) is 1.90. The molecule has 18 heavy (non-hydrogen) atoms. The number of nitrogens with one attached hydrogen (secondary N) is 1. The quantitative estimate of drug-likeness (QED) is 0.892. The molecule has 0 spiro atoms. The highest BCUT2D eigenvalue weighted by molar-refractivity contribution is 5.94. The van der Waals surface area contributed by atoms with Gasteiger partial charge in [-0.1, -0.05) is 0 Å². The van der Waals surface area contributed by atoms with Crippen molar-refractivity contribution in [2.24, 2.45) is 0 Å². The molecule has 1 unspecified atom stereocenters. The van der Waals surface area contributed by atoms with Crippen molar-refractivity contribution in [3.8, 4) is 5.75 Å². The fraction of sp³-hybridized carbons (Fsp3) is 0.500. The molecule has 1 N–H and O–H groups in total. The van der Waals surface area contributed by atoms with Crippen molar-refractivity contribution in [2.45, 2.75) is 38.9 Å². The van der Waals surface area contributed by atoms with Crippen molar-refractivity contribution >= 4 is 11.6 Å². The molecule has 1 aromatic carbocycles. The highest BCUT2D eigenvalue weighted by Gasteiger charge is 2.23. The van der Waals surface area contributed by atoms with Crippen LogP contribution in [0.15, 0.2) is 24.3 Å². The third kappa shape index (κ3) is 3.47. The van der Waals surface area contributed by atoms with E-state index in [9.17, 15) is 4.79 Å². The lowest BCUT2D eigenvalue weighted by atomic mass is 10.2. The Morgan fingerprint density at radius 1 is 1.39 bits per heavy atom. The Hall–Kier alpha value is -1.55. The summed E-state index contributed by atoms with van der Waals surface area (Å²) in [5.74, 6) is 0.741. The molecule has 98 valence electrons. The van der Waals surface area contributed by atoms with Crippen molar-refractivity contribution in [2.75, 3.05) is 11.9 Å². The summed E-state index contributed by atoms with van der Waals surface area (Å²) in [7, 11) is 0. The Morgan fingerprint density at radius 3 is 2.67 bits per heavy atom. The molecule has 0 saturated carbocycles. The highest BCUT2D eigenvalue weighted by atomic mass is 16.5. The van der Waals surface area contributed by atoms with Gasteiger partial charge in [0.2, 0.25) is 0 Å². The number of ether oxygens (including phenoxy) is 2. The summed E-state index contributed by atoms with van der Waals surface area (Å²) in [5.41, 5.74) is 0.770. The van der Waals surface area contributed by atoms with E-state index >= 15 is 0 Å². The maximum absolute atomic E-state index is 11.8. The summed E-state index contributed by atoms with van der Waals surface area (Å²) in [6.07, 6.45) is 1.62. The molecule has 0 aromatic heterocycles. The van der Waals surface area contributed by atoms with Crippen LogP contribution in [0.1, 0.15) is 26.7 Å². The molecule has 0 radical (unpaired) electrons. The molecule has 1 saturated heterocycles. The summed E-state index contributed by atoms with van der Waals surface area (Å²) in [5, 5.41) is 2.84. The Kier molecular flexibility index (Phi) is 4.20. The van der Waals surface area contributed by atoms with Crippen LogP contribution in [0, 0.1) is 0 Å². The second-order valence-electron chi connectivity index (χ2n) is 4.68. The molecule has 1 fully saturated rings. The smallest absolute Gasteiger partial charge is 0.253 e. The Balaban J connectivity index is 1.91. The number of hydrogen-bond donors (Lipinski definition) is 1. The van der Waals surface area contributed by atoms with E-state index in [1.807, 2.05) is 38.1 Å². The monoisotopic (exact) mass is 249 g/mol. The van der Waals surface area contributed by atoms with Crippen LogP contribution in [0.5, 0.6) is 5.75 Å². The molecule has 1 aromatic rings. The molecule has 1 heterocycles. The molecular formula is C14H19NO3. The normalized spacial score (nSPS) is 18.9. The van der Waals surface area contributed by atoms with Gasteiger partial charge in [-0.05, 0) is 51.0 Å². The number of benzene rings is 1. The first-order valence-electron chi connectivity index (χ1n) is 6.34. The van der Waals surface area contributed by atoms with Crippen LogP contribution in [-0.4, -0.2) is 24.7 Å². The predicted octanol–water partition coefficient (Wildman–Crippen LogP) is 2.59. The minimum absolute atomic E-state index is 0.0648. The van der Waals surface area contributed by atoms with E-state index < -0.39 is 0 Å². The van der Waals surface area contributed by atoms with Gasteiger partial charge < -0.3 is 14.8 Å². The van der Waals surface area contributed by atoms with Gasteiger partial charge >= 0.3 is 0 Å². The number of amides is 1. The van der Waals surface area contributed by atoms with E-state index in [2.05, 4.69) is 5.32 Å². The van der Waals surface area contributed by atoms with E-state index in [1.165, 1.54) is 0 Å². The second kappa shape index (κ2) is 5.87. The first kappa shape index (κ1) is 12.9. The van der Waals surface area contributed by atoms with Crippen LogP contribution >= 0.6 is 0 Å². The zero-order valence-corrected chi connectivity index (χ0v) is 10.8. The molecule has 0 bridgehead atoms. The summed E-state index contributed by atoms with van der Waals surface area (Å²) in [6.45, 7) is 4.64. The topological polar surface area (TPSA) is 47.6 Å². The van der Waals surface area contributed by atoms with Gasteiger partial charge in [0, 0.05) is 12.3 Å². The molecule has 0 aliphatic carbocycles. The van der Waals surface area contributed by atoms with Crippen molar-refractivity contribution in [3.63, 3.8) is 0 Å². The minimum Gasteiger partial charge on any atom is -0.491 e. The van der Waals surface area contributed by atoms with Crippen LogP contribution in [-0.2, 0) is 9.53 Å². The van der Waals surface area contributed by atoms with Crippen molar-refractivity contribution < 1.29 is 14.3 Å². The van der Waals surface area contributed by atoms with Gasteiger partial charge in [0.1, 0.15) is 11.9 Å². The molecule has 1 amide bonds. The minimum atomic E-state index is -0.295. The van der Waals surface area contributed by atoms with Gasteiger partial charge in [0.15, 0.2) is 0 Å². The molecule has 4 heteroatoms. The Morgan fingerprint density at radius 2 is 2.11 bits per heavy atom. The van der Waals surface area contributed by atoms with E-state index in [1.54, 1.807) is 0 Å². The highest BCUT2D eigenvalue weighted by Crippen LogP contribution is 2.19. The standard InChI is InChI=1S/C14H19NO3/c1-10(2)18-12-7-5-11(6-8-12)15-14(16)13-4-3-9-17-13/h5-8,10,13H,3-4,9H2,1-2H3,(H,15,16). The third-order valence-corrected chi connectivity index (χ3v) is 2.72. The van der Waals surface area contributed by atoms with E-state index in [0.717, 1.165) is 24.3 Å². The molecule has 2 rings (SSSR count). The van der Waals surface area contributed by atoms with Gasteiger partial charge in [-0.3, -0.25) is 4.79 Å². The number of carbonyl (C=O) groups excluding carboxylic acids is 1. The zero-order valence-electron chi connectivity index (χ0n) is 10.8. The van der Waals surface area contributed by atoms with Crippen LogP contribution in [0.3, 0.4) is 0 Å². The number of anilines is 1. The maximum atomic E-state index is 11.8. The van der Waals surface area contributed by atoms with Gasteiger partial charge in [0.25, 0.3) is 5.91 Å². The largest absolute Gasteiger partial charge is 0.491 e.